The van der Waals surface area contributed by atoms with Gasteiger partial charge in [0.05, 0.1) is 7.11 Å². The van der Waals surface area contributed by atoms with Crippen molar-refractivity contribution in [3.05, 3.63) is 0 Å². The molecule has 2 rings (SSSR count). The van der Waals surface area contributed by atoms with E-state index < -0.39 is 0 Å². The molecular weight excluding hydrogens is 198 g/mol. The zero-order valence-corrected chi connectivity index (χ0v) is 8.46. The van der Waals surface area contributed by atoms with Crippen LogP contribution in [0.2, 0.25) is 0 Å². The van der Waals surface area contributed by atoms with Crippen LogP contribution in [0.4, 0.5) is 0 Å². The number of hydrogen-bond donors (Lipinski definition) is 1. The van der Waals surface area contributed by atoms with Crippen LogP contribution < -0.4 is 5.32 Å². The van der Waals surface area contributed by atoms with Crippen molar-refractivity contribution in [2.24, 2.45) is 0 Å². The summed E-state index contributed by atoms with van der Waals surface area (Å²) in [7, 11) is 1.46. The molecule has 5 heteroatoms. The molecule has 70 valence electrons. The molecule has 0 saturated carbocycles. The number of hydrogen-bond acceptors (Lipinski definition) is 4. The van der Waals surface area contributed by atoms with Gasteiger partial charge >= 0.3 is 5.97 Å². The summed E-state index contributed by atoms with van der Waals surface area (Å²) < 4.78 is 4.52. The van der Waals surface area contributed by atoms with E-state index in [1.54, 1.807) is 11.8 Å². The van der Waals surface area contributed by atoms with Crippen LogP contribution in [0, 0.1) is 0 Å². The third kappa shape index (κ3) is 1.32. The standard InChI is InChI=1S/C7H11NO2S.ClH/c1-10-6(9)7-2-5(3-11-7)8-4-7;/h5,8H,2-4H2,1H3;1H/t5?,7-;/m0./s1. The lowest BCUT2D eigenvalue weighted by Gasteiger charge is -2.21. The van der Waals surface area contributed by atoms with E-state index in [4.69, 9.17) is 4.74 Å². The molecule has 0 aromatic heterocycles. The van der Waals surface area contributed by atoms with E-state index in [9.17, 15) is 4.79 Å². The molecule has 12 heavy (non-hydrogen) atoms. The largest absolute Gasteiger partial charge is 0.468 e. The highest BCUT2D eigenvalue weighted by molar-refractivity contribution is 8.01. The van der Waals surface area contributed by atoms with E-state index in [2.05, 4.69) is 5.32 Å². The Bertz CT molecular complexity index is 192. The minimum atomic E-state index is -0.237. The predicted molar refractivity (Wildman–Crippen MR) is 50.9 cm³/mol. The van der Waals surface area contributed by atoms with Crippen molar-refractivity contribution >= 4 is 30.1 Å². The number of carbonyl (C=O) groups is 1. The molecule has 3 nitrogen and oxygen atoms in total. The molecular formula is C7H12ClNO2S. The number of fused-ring (bicyclic) bond motifs is 2. The van der Waals surface area contributed by atoms with Gasteiger partial charge in [-0.2, -0.15) is 0 Å². The Morgan fingerprint density at radius 3 is 2.83 bits per heavy atom. The Labute approximate surface area is 82.0 Å². The highest BCUT2D eigenvalue weighted by Gasteiger charge is 2.51. The van der Waals surface area contributed by atoms with Gasteiger partial charge in [-0.15, -0.1) is 24.2 Å². The lowest BCUT2D eigenvalue weighted by atomic mass is 10.1. The number of nitrogens with one attached hydrogen (secondary N) is 1. The van der Waals surface area contributed by atoms with Gasteiger partial charge in [-0.05, 0) is 6.42 Å². The summed E-state index contributed by atoms with van der Waals surface area (Å²) in [5, 5.41) is 3.29. The van der Waals surface area contributed by atoms with E-state index in [0.29, 0.717) is 6.04 Å². The van der Waals surface area contributed by atoms with Gasteiger partial charge in [0.2, 0.25) is 0 Å². The second-order valence-electron chi connectivity index (χ2n) is 3.08. The number of carbonyl (C=O) groups excluding carboxylic acids is 1. The zero-order valence-electron chi connectivity index (χ0n) is 6.83. The molecule has 1 N–H and O–H groups in total. The second kappa shape index (κ2) is 3.44. The SMILES string of the molecule is COC(=O)[C@]12CNC(CS1)C2.Cl. The monoisotopic (exact) mass is 209 g/mol. The summed E-state index contributed by atoms with van der Waals surface area (Å²) in [6, 6.07) is 0.541. The average molecular weight is 210 g/mol. The lowest BCUT2D eigenvalue weighted by Crippen LogP contribution is -2.40. The molecule has 2 aliphatic heterocycles. The Hall–Kier alpha value is 0.0700. The van der Waals surface area contributed by atoms with Crippen LogP contribution in [0.1, 0.15) is 6.42 Å². The molecule has 0 amide bonds. The van der Waals surface area contributed by atoms with Crippen LogP contribution in [0.25, 0.3) is 0 Å². The van der Waals surface area contributed by atoms with Crippen LogP contribution in [-0.2, 0) is 9.53 Å². The first-order chi connectivity index (χ1) is 5.27. The van der Waals surface area contributed by atoms with Crippen molar-refractivity contribution in [2.45, 2.75) is 17.2 Å². The number of thioether (sulfide) groups is 1. The van der Waals surface area contributed by atoms with Crippen molar-refractivity contribution < 1.29 is 9.53 Å². The van der Waals surface area contributed by atoms with Gasteiger partial charge in [0.1, 0.15) is 4.75 Å². The number of halogens is 1. The van der Waals surface area contributed by atoms with Crippen molar-refractivity contribution in [2.75, 3.05) is 19.4 Å². The number of rotatable bonds is 1. The summed E-state index contributed by atoms with van der Waals surface area (Å²) >= 11 is 1.74. The summed E-state index contributed by atoms with van der Waals surface area (Å²) in [5.74, 6) is 0.991. The summed E-state index contributed by atoms with van der Waals surface area (Å²) in [6.07, 6.45) is 0.949. The van der Waals surface area contributed by atoms with E-state index in [1.807, 2.05) is 0 Å². The molecule has 0 aliphatic carbocycles. The first kappa shape index (κ1) is 10.2. The molecule has 0 radical (unpaired) electrons. The minimum absolute atomic E-state index is 0. The van der Waals surface area contributed by atoms with Gasteiger partial charge in [0.15, 0.2) is 0 Å². The molecule has 2 aliphatic rings. The normalized spacial score (nSPS) is 37.6. The summed E-state index contributed by atoms with van der Waals surface area (Å²) in [6.45, 7) is 0.787. The highest BCUT2D eigenvalue weighted by atomic mass is 35.5. The molecule has 0 aromatic rings. The topological polar surface area (TPSA) is 38.3 Å². The van der Waals surface area contributed by atoms with Crippen LogP contribution >= 0.6 is 24.2 Å². The van der Waals surface area contributed by atoms with Gasteiger partial charge in [-0.3, -0.25) is 4.79 Å². The fraction of sp³-hybridized carbons (Fsp3) is 0.857. The first-order valence-electron chi connectivity index (χ1n) is 3.73. The average Bonchev–Trinajstić information content (AvgIpc) is 2.62. The van der Waals surface area contributed by atoms with Crippen molar-refractivity contribution in [3.8, 4) is 0 Å². The maximum atomic E-state index is 11.3. The summed E-state index contributed by atoms with van der Waals surface area (Å²) in [4.78, 5) is 11.3. The Balaban J connectivity index is 0.000000720. The lowest BCUT2D eigenvalue weighted by molar-refractivity contribution is -0.142. The molecule has 2 atom stereocenters. The third-order valence-electron chi connectivity index (χ3n) is 2.37. The van der Waals surface area contributed by atoms with E-state index in [-0.39, 0.29) is 23.1 Å². The van der Waals surface area contributed by atoms with Crippen LogP contribution in [0.5, 0.6) is 0 Å². The molecule has 2 heterocycles. The Morgan fingerprint density at radius 1 is 1.75 bits per heavy atom. The van der Waals surface area contributed by atoms with Crippen molar-refractivity contribution in [1.82, 2.24) is 5.32 Å². The molecule has 0 spiro atoms. The van der Waals surface area contributed by atoms with E-state index in [1.165, 1.54) is 7.11 Å². The molecule has 2 bridgehead atoms. The van der Waals surface area contributed by atoms with Gasteiger partial charge < -0.3 is 10.1 Å². The highest BCUT2D eigenvalue weighted by Crippen LogP contribution is 2.43. The number of esters is 1. The maximum Gasteiger partial charge on any atom is 0.323 e. The molecule has 2 fully saturated rings. The molecule has 0 aromatic carbocycles. The van der Waals surface area contributed by atoms with Gasteiger partial charge in [-0.25, -0.2) is 0 Å². The smallest absolute Gasteiger partial charge is 0.323 e. The van der Waals surface area contributed by atoms with E-state index in [0.717, 1.165) is 18.7 Å². The maximum absolute atomic E-state index is 11.3. The van der Waals surface area contributed by atoms with Gasteiger partial charge in [-0.1, -0.05) is 0 Å². The van der Waals surface area contributed by atoms with Gasteiger partial charge in [0.25, 0.3) is 0 Å². The minimum Gasteiger partial charge on any atom is -0.468 e. The summed E-state index contributed by atoms with van der Waals surface area (Å²) in [5.41, 5.74) is 0. The number of methoxy groups -OCH3 is 1. The van der Waals surface area contributed by atoms with Crippen molar-refractivity contribution in [3.63, 3.8) is 0 Å². The van der Waals surface area contributed by atoms with Crippen LogP contribution in [0.15, 0.2) is 0 Å². The number of ether oxygens (including phenoxy) is 1. The Morgan fingerprint density at radius 2 is 2.50 bits per heavy atom. The van der Waals surface area contributed by atoms with Gasteiger partial charge in [0, 0.05) is 18.3 Å². The fourth-order valence-electron chi connectivity index (χ4n) is 1.74. The predicted octanol–water partition coefficient (Wildman–Crippen LogP) is 0.429. The van der Waals surface area contributed by atoms with Crippen LogP contribution in [0.3, 0.4) is 0 Å². The van der Waals surface area contributed by atoms with Crippen molar-refractivity contribution in [1.29, 1.82) is 0 Å². The molecule has 2 saturated heterocycles. The Kier molecular flexibility index (Phi) is 2.91. The quantitative estimate of drug-likeness (QED) is 0.636. The first-order valence-corrected chi connectivity index (χ1v) is 4.71. The zero-order chi connectivity index (χ0) is 7.90. The third-order valence-corrected chi connectivity index (χ3v) is 3.97. The molecule has 1 unspecified atom stereocenters. The van der Waals surface area contributed by atoms with E-state index >= 15 is 0 Å². The van der Waals surface area contributed by atoms with Crippen LogP contribution in [-0.4, -0.2) is 36.2 Å². The fourth-order valence-corrected chi connectivity index (χ4v) is 3.20. The second-order valence-corrected chi connectivity index (χ2v) is 4.48.